The molecule has 7 heteroatoms. The Kier molecular flexibility index (Phi) is 4.74. The van der Waals surface area contributed by atoms with Gasteiger partial charge in [-0.15, -0.1) is 0 Å². The second kappa shape index (κ2) is 7.12. The van der Waals surface area contributed by atoms with E-state index in [1.54, 1.807) is 12.1 Å². The molecule has 1 amide bonds. The number of hydrogen-bond acceptors (Lipinski definition) is 4. The van der Waals surface area contributed by atoms with Crippen LogP contribution >= 0.6 is 0 Å². The van der Waals surface area contributed by atoms with Crippen molar-refractivity contribution in [2.45, 2.75) is 12.8 Å². The Morgan fingerprint density at radius 1 is 1.20 bits per heavy atom. The van der Waals surface area contributed by atoms with Gasteiger partial charge in [-0.3, -0.25) is 14.9 Å². The molecular weight excluding hydrogens is 320 g/mol. The minimum atomic E-state index is -0.547. The molecule has 0 radical (unpaired) electrons. The maximum atomic E-state index is 12.2. The highest BCUT2D eigenvalue weighted by Gasteiger charge is 2.18. The Morgan fingerprint density at radius 2 is 1.92 bits per heavy atom. The van der Waals surface area contributed by atoms with Crippen LogP contribution in [0, 0.1) is 10.1 Å². The SMILES string of the molecule is Cn1c(CCCNC(=O)c2ccccc2[N+](=O)[O-])nc2ccccc21. The summed E-state index contributed by atoms with van der Waals surface area (Å²) < 4.78 is 2.04. The topological polar surface area (TPSA) is 90.1 Å². The monoisotopic (exact) mass is 338 g/mol. The van der Waals surface area contributed by atoms with Crippen LogP contribution in [-0.2, 0) is 13.5 Å². The molecule has 3 aromatic rings. The summed E-state index contributed by atoms with van der Waals surface area (Å²) in [6.45, 7) is 0.425. The fourth-order valence-corrected chi connectivity index (χ4v) is 2.79. The second-order valence-electron chi connectivity index (χ2n) is 5.71. The fraction of sp³-hybridized carbons (Fsp3) is 0.222. The zero-order valence-corrected chi connectivity index (χ0v) is 13.8. The van der Waals surface area contributed by atoms with Crippen molar-refractivity contribution in [1.82, 2.24) is 14.9 Å². The minimum Gasteiger partial charge on any atom is -0.352 e. The summed E-state index contributed by atoms with van der Waals surface area (Å²) in [5, 5.41) is 13.7. The van der Waals surface area contributed by atoms with E-state index in [1.807, 2.05) is 35.9 Å². The van der Waals surface area contributed by atoms with Gasteiger partial charge in [-0.2, -0.15) is 0 Å². The summed E-state index contributed by atoms with van der Waals surface area (Å²) in [5.74, 6) is 0.512. The molecule has 0 saturated heterocycles. The van der Waals surface area contributed by atoms with Crippen LogP contribution in [0.3, 0.4) is 0 Å². The van der Waals surface area contributed by atoms with E-state index < -0.39 is 10.8 Å². The molecule has 0 fully saturated rings. The molecule has 0 aliphatic rings. The lowest BCUT2D eigenvalue weighted by atomic mass is 10.1. The number of benzene rings is 2. The van der Waals surface area contributed by atoms with E-state index in [1.165, 1.54) is 12.1 Å². The average Bonchev–Trinajstić information content (AvgIpc) is 2.95. The van der Waals surface area contributed by atoms with Crippen molar-refractivity contribution in [3.8, 4) is 0 Å². The Balaban J connectivity index is 1.59. The van der Waals surface area contributed by atoms with E-state index in [-0.39, 0.29) is 11.3 Å². The summed E-state index contributed by atoms with van der Waals surface area (Å²) in [6.07, 6.45) is 1.41. The van der Waals surface area contributed by atoms with Crippen LogP contribution in [0.2, 0.25) is 0 Å². The quantitative estimate of drug-likeness (QED) is 0.425. The van der Waals surface area contributed by atoms with Crippen molar-refractivity contribution >= 4 is 22.6 Å². The number of nitrogens with one attached hydrogen (secondary N) is 1. The van der Waals surface area contributed by atoms with Gasteiger partial charge in [0.05, 0.1) is 16.0 Å². The first-order valence-corrected chi connectivity index (χ1v) is 8.00. The predicted molar refractivity (Wildman–Crippen MR) is 94.5 cm³/mol. The molecule has 0 spiro atoms. The number of carbonyl (C=O) groups excluding carboxylic acids is 1. The third kappa shape index (κ3) is 3.50. The zero-order chi connectivity index (χ0) is 17.8. The molecule has 0 saturated carbocycles. The number of aromatic nitrogens is 2. The van der Waals surface area contributed by atoms with Gasteiger partial charge in [0.2, 0.25) is 0 Å². The number of para-hydroxylation sites is 3. The maximum Gasteiger partial charge on any atom is 0.282 e. The number of nitro groups is 1. The molecule has 2 aromatic carbocycles. The second-order valence-corrected chi connectivity index (χ2v) is 5.71. The Labute approximate surface area is 144 Å². The average molecular weight is 338 g/mol. The number of fused-ring (bicyclic) bond motifs is 1. The largest absolute Gasteiger partial charge is 0.352 e. The van der Waals surface area contributed by atoms with Gasteiger partial charge >= 0.3 is 0 Å². The van der Waals surface area contributed by atoms with Gasteiger partial charge < -0.3 is 9.88 Å². The van der Waals surface area contributed by atoms with Crippen molar-refractivity contribution in [3.05, 3.63) is 70.0 Å². The molecule has 3 rings (SSSR count). The normalized spacial score (nSPS) is 10.8. The number of imidazole rings is 1. The number of hydrogen-bond donors (Lipinski definition) is 1. The summed E-state index contributed by atoms with van der Waals surface area (Å²) in [5.41, 5.74) is 1.91. The van der Waals surface area contributed by atoms with Gasteiger partial charge in [-0.25, -0.2) is 4.98 Å². The summed E-state index contributed by atoms with van der Waals surface area (Å²) >= 11 is 0. The van der Waals surface area contributed by atoms with E-state index >= 15 is 0 Å². The molecular formula is C18H18N4O3. The van der Waals surface area contributed by atoms with E-state index in [0.29, 0.717) is 19.4 Å². The van der Waals surface area contributed by atoms with E-state index in [0.717, 1.165) is 16.9 Å². The van der Waals surface area contributed by atoms with Crippen LogP contribution in [-0.4, -0.2) is 26.9 Å². The molecule has 0 unspecified atom stereocenters. The highest BCUT2D eigenvalue weighted by molar-refractivity contribution is 5.98. The highest BCUT2D eigenvalue weighted by Crippen LogP contribution is 2.17. The molecule has 0 atom stereocenters. The van der Waals surface area contributed by atoms with Crippen LogP contribution in [0.1, 0.15) is 22.6 Å². The van der Waals surface area contributed by atoms with Crippen molar-refractivity contribution < 1.29 is 9.72 Å². The lowest BCUT2D eigenvalue weighted by Gasteiger charge is -2.06. The van der Waals surface area contributed by atoms with E-state index in [4.69, 9.17) is 0 Å². The Bertz CT molecular complexity index is 933. The van der Waals surface area contributed by atoms with Gasteiger partial charge in [0.15, 0.2) is 0 Å². The smallest absolute Gasteiger partial charge is 0.282 e. The summed E-state index contributed by atoms with van der Waals surface area (Å²) in [4.78, 5) is 27.2. The first kappa shape index (κ1) is 16.6. The third-order valence-corrected chi connectivity index (χ3v) is 4.09. The molecule has 128 valence electrons. The number of amides is 1. The van der Waals surface area contributed by atoms with E-state index in [2.05, 4.69) is 10.3 Å². The first-order valence-electron chi connectivity index (χ1n) is 8.00. The van der Waals surface area contributed by atoms with Gasteiger partial charge in [0.25, 0.3) is 11.6 Å². The molecule has 7 nitrogen and oxygen atoms in total. The van der Waals surface area contributed by atoms with Crippen molar-refractivity contribution in [2.75, 3.05) is 6.54 Å². The lowest BCUT2D eigenvalue weighted by molar-refractivity contribution is -0.385. The molecule has 0 bridgehead atoms. The standard InChI is InChI=1S/C18H18N4O3/c1-21-16-10-5-3-8-14(16)20-17(21)11-6-12-19-18(23)13-7-2-4-9-15(13)22(24)25/h2-5,7-10H,6,11-12H2,1H3,(H,19,23). The third-order valence-electron chi connectivity index (χ3n) is 4.09. The van der Waals surface area contributed by atoms with Gasteiger partial charge in [0, 0.05) is 26.1 Å². The number of rotatable bonds is 6. The molecule has 0 aliphatic carbocycles. The minimum absolute atomic E-state index is 0.0789. The highest BCUT2D eigenvalue weighted by atomic mass is 16.6. The van der Waals surface area contributed by atoms with Crippen molar-refractivity contribution in [3.63, 3.8) is 0 Å². The Morgan fingerprint density at radius 3 is 2.68 bits per heavy atom. The number of nitrogens with zero attached hydrogens (tertiary/aromatic N) is 3. The molecule has 25 heavy (non-hydrogen) atoms. The first-order chi connectivity index (χ1) is 12.1. The van der Waals surface area contributed by atoms with Gasteiger partial charge in [0.1, 0.15) is 11.4 Å². The molecule has 1 aromatic heterocycles. The van der Waals surface area contributed by atoms with Crippen molar-refractivity contribution in [1.29, 1.82) is 0 Å². The molecule has 0 aliphatic heterocycles. The maximum absolute atomic E-state index is 12.2. The van der Waals surface area contributed by atoms with Crippen LogP contribution in [0.5, 0.6) is 0 Å². The van der Waals surface area contributed by atoms with Crippen LogP contribution in [0.25, 0.3) is 11.0 Å². The number of aryl methyl sites for hydroxylation is 2. The molecule has 1 heterocycles. The zero-order valence-electron chi connectivity index (χ0n) is 13.8. The molecule has 1 N–H and O–H groups in total. The predicted octanol–water partition coefficient (Wildman–Crippen LogP) is 2.84. The fourth-order valence-electron chi connectivity index (χ4n) is 2.79. The Hall–Kier alpha value is -3.22. The van der Waals surface area contributed by atoms with Crippen LogP contribution in [0.15, 0.2) is 48.5 Å². The van der Waals surface area contributed by atoms with E-state index in [9.17, 15) is 14.9 Å². The van der Waals surface area contributed by atoms with Gasteiger partial charge in [-0.1, -0.05) is 24.3 Å². The van der Waals surface area contributed by atoms with Crippen LogP contribution in [0.4, 0.5) is 5.69 Å². The lowest BCUT2D eigenvalue weighted by Crippen LogP contribution is -2.25. The number of nitro benzene ring substituents is 1. The van der Waals surface area contributed by atoms with Crippen LogP contribution < -0.4 is 5.32 Å². The van der Waals surface area contributed by atoms with Crippen molar-refractivity contribution in [2.24, 2.45) is 7.05 Å². The van der Waals surface area contributed by atoms with Gasteiger partial charge in [-0.05, 0) is 24.6 Å². The summed E-state index contributed by atoms with van der Waals surface area (Å²) in [6, 6.07) is 13.8. The number of carbonyl (C=O) groups is 1. The summed E-state index contributed by atoms with van der Waals surface area (Å²) in [7, 11) is 1.97.